The lowest BCUT2D eigenvalue weighted by Gasteiger charge is -2.11. The molecule has 0 fully saturated rings. The fourth-order valence-corrected chi connectivity index (χ4v) is 0.423. The molecular weight excluding hydrogens is 206 g/mol. The van der Waals surface area contributed by atoms with Crippen LogP contribution in [0.5, 0.6) is 0 Å². The van der Waals surface area contributed by atoms with E-state index in [1.165, 1.54) is 0 Å². The van der Waals surface area contributed by atoms with Gasteiger partial charge in [-0.1, -0.05) is 6.92 Å². The van der Waals surface area contributed by atoms with E-state index in [9.17, 15) is 19.8 Å². The van der Waals surface area contributed by atoms with Crippen LogP contribution in [0.4, 0.5) is 0 Å². The second-order valence-electron chi connectivity index (χ2n) is 2.67. The molecule has 0 aromatic carbocycles. The molecule has 7 nitrogen and oxygen atoms in total. The van der Waals surface area contributed by atoms with E-state index in [4.69, 9.17) is 10.2 Å². The van der Waals surface area contributed by atoms with Gasteiger partial charge < -0.3 is 35.3 Å². The lowest BCUT2D eigenvalue weighted by molar-refractivity contribution is -0.657. The highest BCUT2D eigenvalue weighted by Crippen LogP contribution is 1.86. The van der Waals surface area contributed by atoms with Crippen LogP contribution in [0.2, 0.25) is 0 Å². The maximum atomic E-state index is 9.61. The monoisotopic (exact) mass is 222 g/mol. The molecule has 0 saturated heterocycles. The minimum absolute atomic E-state index is 0.194. The van der Waals surface area contributed by atoms with Gasteiger partial charge in [-0.05, 0) is 0 Å². The third-order valence-corrected chi connectivity index (χ3v) is 1.37. The number of carbonyl (C=O) groups excluding carboxylic acids is 2. The third-order valence-electron chi connectivity index (χ3n) is 1.37. The molecule has 0 spiro atoms. The van der Waals surface area contributed by atoms with Gasteiger partial charge in [0.25, 0.3) is 0 Å². The molecule has 15 heavy (non-hydrogen) atoms. The van der Waals surface area contributed by atoms with Crippen LogP contribution in [0, 0.1) is 5.92 Å². The molecule has 90 valence electrons. The highest BCUT2D eigenvalue weighted by Gasteiger charge is 2.00. The molecule has 0 saturated carbocycles. The van der Waals surface area contributed by atoms with Gasteiger partial charge in [0.2, 0.25) is 0 Å². The van der Waals surface area contributed by atoms with Crippen molar-refractivity contribution in [1.82, 2.24) is 0 Å². The fraction of sp³-hybridized carbons (Fsp3) is 0.750. The number of aliphatic hydroxyl groups is 2. The minimum Gasteiger partial charge on any atom is -0.549 e. The van der Waals surface area contributed by atoms with Gasteiger partial charge >= 0.3 is 0 Å². The third kappa shape index (κ3) is 12.8. The zero-order valence-corrected chi connectivity index (χ0v) is 8.51. The average molecular weight is 222 g/mol. The first-order chi connectivity index (χ1) is 6.97. The number of aliphatic hydroxyl groups excluding tert-OH is 2. The molecule has 0 aliphatic rings. The fourth-order valence-electron chi connectivity index (χ4n) is 0.423. The first-order valence-electron chi connectivity index (χ1n) is 4.42. The van der Waals surface area contributed by atoms with Crippen LogP contribution in [0.1, 0.15) is 6.92 Å². The van der Waals surface area contributed by atoms with Crippen molar-refractivity contribution in [3.05, 3.63) is 0 Å². The van der Waals surface area contributed by atoms with Crippen LogP contribution in [0.25, 0.3) is 0 Å². The number of hydrogen-bond donors (Lipinski definition) is 3. The molecule has 0 aromatic heterocycles. The first kappa shape index (κ1) is 16.3. The smallest absolute Gasteiger partial charge is 0.0991 e. The summed E-state index contributed by atoms with van der Waals surface area (Å²) in [4.78, 5) is 19.2. The van der Waals surface area contributed by atoms with Crippen LogP contribution in [-0.4, -0.2) is 48.5 Å². The Bertz CT molecular complexity index is 166. The van der Waals surface area contributed by atoms with E-state index >= 15 is 0 Å². The molecule has 0 unspecified atom stereocenters. The summed E-state index contributed by atoms with van der Waals surface area (Å²) in [6, 6.07) is 0. The average Bonchev–Trinajstić information content (AvgIpc) is 2.18. The number of carboxylic acid groups (broad SMARTS) is 2. The predicted octanol–water partition coefficient (Wildman–Crippen LogP) is -5.34. The summed E-state index contributed by atoms with van der Waals surface area (Å²) >= 11 is 0. The van der Waals surface area contributed by atoms with Gasteiger partial charge in [-0.2, -0.15) is 0 Å². The minimum atomic E-state index is -1.62. The van der Waals surface area contributed by atoms with E-state index in [1.807, 2.05) is 5.32 Å². The Balaban J connectivity index is 0. The van der Waals surface area contributed by atoms with Gasteiger partial charge in [-0.15, -0.1) is 0 Å². The Hall–Kier alpha value is -1.18. The van der Waals surface area contributed by atoms with Crippen LogP contribution in [-0.2, 0) is 9.59 Å². The molecule has 4 N–H and O–H groups in total. The van der Waals surface area contributed by atoms with E-state index in [1.54, 1.807) is 0 Å². The molecule has 0 aliphatic heterocycles. The van der Waals surface area contributed by atoms with Crippen molar-refractivity contribution in [1.29, 1.82) is 0 Å². The number of aliphatic carboxylic acids is 2. The number of rotatable bonds is 6. The predicted molar refractivity (Wildman–Crippen MR) is 45.0 cm³/mol. The van der Waals surface area contributed by atoms with E-state index in [2.05, 4.69) is 0 Å². The van der Waals surface area contributed by atoms with Crippen molar-refractivity contribution in [3.8, 4) is 0 Å². The van der Waals surface area contributed by atoms with E-state index < -0.39 is 17.9 Å². The molecule has 0 bridgehead atoms. The van der Waals surface area contributed by atoms with Crippen molar-refractivity contribution in [2.45, 2.75) is 6.92 Å². The summed E-state index contributed by atoms with van der Waals surface area (Å²) < 4.78 is 0. The molecule has 0 rings (SSSR count). The second-order valence-corrected chi connectivity index (χ2v) is 2.67. The molecule has 0 heterocycles. The van der Waals surface area contributed by atoms with Crippen LogP contribution < -0.4 is 15.5 Å². The molecule has 0 aromatic rings. The van der Waals surface area contributed by atoms with E-state index in [-0.39, 0.29) is 13.2 Å². The van der Waals surface area contributed by atoms with Crippen LogP contribution in [0.3, 0.4) is 0 Å². The summed E-state index contributed by atoms with van der Waals surface area (Å²) in [5.41, 5.74) is 0. The molecule has 0 atom stereocenters. The summed E-state index contributed by atoms with van der Waals surface area (Å²) in [6.07, 6.45) is 0. The summed E-state index contributed by atoms with van der Waals surface area (Å²) in [5, 5.41) is 37.4. The van der Waals surface area contributed by atoms with Gasteiger partial charge in [0.1, 0.15) is 0 Å². The normalized spacial score (nSPS) is 9.33. The Labute approximate surface area is 87.3 Å². The van der Waals surface area contributed by atoms with Gasteiger partial charge in [0.05, 0.1) is 26.3 Å². The summed E-state index contributed by atoms with van der Waals surface area (Å²) in [5.74, 6) is -4.76. The maximum absolute atomic E-state index is 9.61. The Morgan fingerprint density at radius 2 is 1.47 bits per heavy atom. The molecule has 0 aliphatic carbocycles. The van der Waals surface area contributed by atoms with Gasteiger partial charge in [-0.25, -0.2) is 0 Å². The van der Waals surface area contributed by atoms with Crippen molar-refractivity contribution in [3.63, 3.8) is 0 Å². The van der Waals surface area contributed by atoms with E-state index in [0.29, 0.717) is 13.1 Å². The second kappa shape index (κ2) is 10.9. The zero-order chi connectivity index (χ0) is 12.3. The van der Waals surface area contributed by atoms with Gasteiger partial charge in [0.15, 0.2) is 0 Å². The number of nitrogens with two attached hydrogens (primary N) is 1. The Morgan fingerprint density at radius 3 is 1.60 bits per heavy atom. The standard InChI is InChI=1S/C4H11NO2.C4H6O4/c6-3-1-5-2-4-7;1-2(3(5)6)4(7)8/h5-7H,1-4H2;2H,1H3,(H,5,6)(H,7,8)/p-1. The van der Waals surface area contributed by atoms with Crippen LogP contribution >= 0.6 is 0 Å². The van der Waals surface area contributed by atoms with Gasteiger partial charge in [0, 0.05) is 17.9 Å². The van der Waals surface area contributed by atoms with Crippen molar-refractivity contribution in [2.75, 3.05) is 26.3 Å². The largest absolute Gasteiger partial charge is 0.549 e. The van der Waals surface area contributed by atoms with Crippen molar-refractivity contribution >= 4 is 11.9 Å². The number of carbonyl (C=O) groups is 2. The molecule has 0 radical (unpaired) electrons. The molecule has 7 heteroatoms. The Kier molecular flexibility index (Phi) is 11.8. The highest BCUT2D eigenvalue weighted by molar-refractivity contribution is 5.90. The van der Waals surface area contributed by atoms with Crippen LogP contribution in [0.15, 0.2) is 0 Å². The lowest BCUT2D eigenvalue weighted by Crippen LogP contribution is -2.85. The zero-order valence-electron chi connectivity index (χ0n) is 8.51. The maximum Gasteiger partial charge on any atom is 0.0991 e. The van der Waals surface area contributed by atoms with Crippen molar-refractivity contribution in [2.24, 2.45) is 5.92 Å². The number of quaternary nitrogens is 1. The SMILES string of the molecule is CC(C(=O)[O-])C(=O)[O-].OCC[NH2+]CCO. The van der Waals surface area contributed by atoms with E-state index in [0.717, 1.165) is 6.92 Å². The highest BCUT2D eigenvalue weighted by atomic mass is 16.4. The summed E-state index contributed by atoms with van der Waals surface area (Å²) in [6.45, 7) is 2.77. The van der Waals surface area contributed by atoms with Crippen molar-refractivity contribution < 1.29 is 35.3 Å². The molecular formula is C8H16NO6-. The number of hydrogen-bond acceptors (Lipinski definition) is 6. The van der Waals surface area contributed by atoms with Gasteiger partial charge in [-0.3, -0.25) is 0 Å². The molecule has 0 amide bonds. The number of carboxylic acids is 2. The lowest BCUT2D eigenvalue weighted by atomic mass is 10.2. The first-order valence-corrected chi connectivity index (χ1v) is 4.42. The quantitative estimate of drug-likeness (QED) is 0.303. The topological polar surface area (TPSA) is 137 Å². The summed E-state index contributed by atoms with van der Waals surface area (Å²) in [7, 11) is 0. The Morgan fingerprint density at radius 1 is 1.13 bits per heavy atom.